The van der Waals surface area contributed by atoms with Crippen molar-refractivity contribution in [2.75, 3.05) is 6.54 Å². The molecule has 3 nitrogen and oxygen atoms in total. The Morgan fingerprint density at radius 1 is 1.33 bits per heavy atom. The molecule has 0 atom stereocenters. The normalized spacial score (nSPS) is 11.7. The summed E-state index contributed by atoms with van der Waals surface area (Å²) in [5.74, 6) is 0. The molecular weight excluding hydrogens is 325 g/mol. The topological polar surface area (TPSA) is 46.2 Å². The number of nitrogens with one attached hydrogen (secondary N) is 1. The first kappa shape index (κ1) is 13.3. The Labute approximate surface area is 107 Å². The van der Waals surface area contributed by atoms with Gasteiger partial charge in [0.2, 0.25) is 10.0 Å². The molecule has 0 saturated heterocycles. The third-order valence-electron chi connectivity index (χ3n) is 1.62. The number of rotatable bonds is 3. The summed E-state index contributed by atoms with van der Waals surface area (Å²) >= 11 is 14.8. The van der Waals surface area contributed by atoms with Crippen LogP contribution in [0.3, 0.4) is 0 Å². The number of hydrogen-bond donors (Lipinski definition) is 1. The lowest BCUT2D eigenvalue weighted by Gasteiger charge is -2.08. The largest absolute Gasteiger partial charge is 0.242 e. The van der Waals surface area contributed by atoms with Gasteiger partial charge < -0.3 is 0 Å². The van der Waals surface area contributed by atoms with Gasteiger partial charge in [-0.2, -0.15) is 0 Å². The maximum atomic E-state index is 11.6. The van der Waals surface area contributed by atoms with Crippen molar-refractivity contribution in [2.45, 2.75) is 11.8 Å². The molecule has 0 radical (unpaired) electrons. The van der Waals surface area contributed by atoms with Crippen LogP contribution < -0.4 is 4.72 Å². The molecule has 0 unspecified atom stereocenters. The average Bonchev–Trinajstić information content (AvgIpc) is 2.13. The van der Waals surface area contributed by atoms with E-state index in [-0.39, 0.29) is 14.9 Å². The maximum absolute atomic E-state index is 11.6. The highest BCUT2D eigenvalue weighted by Crippen LogP contribution is 2.34. The number of hydrogen-bond acceptors (Lipinski definition) is 2. The Morgan fingerprint density at radius 2 is 1.93 bits per heavy atom. The van der Waals surface area contributed by atoms with Crippen LogP contribution >= 0.6 is 39.1 Å². The summed E-state index contributed by atoms with van der Waals surface area (Å²) in [7, 11) is -3.57. The Bertz CT molecular complexity index is 476. The Kier molecular flexibility index (Phi) is 4.43. The molecule has 0 aromatic heterocycles. The number of halogens is 3. The molecule has 0 amide bonds. The van der Waals surface area contributed by atoms with Crippen molar-refractivity contribution in [1.29, 1.82) is 0 Å². The van der Waals surface area contributed by atoms with Crippen LogP contribution in [0.2, 0.25) is 10.0 Å². The maximum Gasteiger partial charge on any atom is 0.242 e. The van der Waals surface area contributed by atoms with Crippen LogP contribution in [0.5, 0.6) is 0 Å². The van der Waals surface area contributed by atoms with E-state index in [9.17, 15) is 8.42 Å². The zero-order valence-electron chi connectivity index (χ0n) is 7.72. The third kappa shape index (κ3) is 2.85. The van der Waals surface area contributed by atoms with E-state index in [0.29, 0.717) is 11.0 Å². The van der Waals surface area contributed by atoms with E-state index in [1.807, 2.05) is 0 Å². The first-order valence-electron chi connectivity index (χ1n) is 4.03. The Balaban J connectivity index is 3.34. The lowest BCUT2D eigenvalue weighted by atomic mass is 10.4. The smallest absolute Gasteiger partial charge is 0.211 e. The number of sulfonamides is 1. The van der Waals surface area contributed by atoms with Gasteiger partial charge in [-0.05, 0) is 28.1 Å². The van der Waals surface area contributed by atoms with Crippen molar-refractivity contribution in [3.8, 4) is 0 Å². The molecule has 0 spiro atoms. The van der Waals surface area contributed by atoms with E-state index in [4.69, 9.17) is 23.2 Å². The van der Waals surface area contributed by atoms with Crippen LogP contribution in [0, 0.1) is 0 Å². The highest BCUT2D eigenvalue weighted by molar-refractivity contribution is 9.10. The van der Waals surface area contributed by atoms with Gasteiger partial charge in [-0.1, -0.05) is 30.1 Å². The predicted octanol–water partition coefficient (Wildman–Crippen LogP) is 3.05. The van der Waals surface area contributed by atoms with Gasteiger partial charge in [0.15, 0.2) is 0 Å². The second kappa shape index (κ2) is 5.01. The molecule has 0 bridgehead atoms. The van der Waals surface area contributed by atoms with Crippen LogP contribution in [0.1, 0.15) is 6.92 Å². The standard InChI is InChI=1S/C8H8BrCl2NO2S/c1-2-12-15(13,14)6-4-3-5(9)7(10)8(6)11/h3-4,12H,2H2,1H3. The van der Waals surface area contributed by atoms with Gasteiger partial charge >= 0.3 is 0 Å². The van der Waals surface area contributed by atoms with Crippen LogP contribution in [0.15, 0.2) is 21.5 Å². The third-order valence-corrected chi connectivity index (χ3v) is 5.09. The van der Waals surface area contributed by atoms with E-state index in [0.717, 1.165) is 0 Å². The van der Waals surface area contributed by atoms with Crippen LogP contribution in [0.4, 0.5) is 0 Å². The van der Waals surface area contributed by atoms with Gasteiger partial charge in [0.25, 0.3) is 0 Å². The summed E-state index contributed by atoms with van der Waals surface area (Å²) in [5, 5.41) is 0.211. The van der Waals surface area contributed by atoms with Gasteiger partial charge in [-0.15, -0.1) is 0 Å². The monoisotopic (exact) mass is 331 g/mol. The summed E-state index contributed by atoms with van der Waals surface area (Å²) in [4.78, 5) is -0.0146. The minimum Gasteiger partial charge on any atom is -0.211 e. The molecule has 0 aliphatic heterocycles. The highest BCUT2D eigenvalue weighted by atomic mass is 79.9. The minimum atomic E-state index is -3.57. The molecule has 0 heterocycles. The summed E-state index contributed by atoms with van der Waals surface area (Å²) in [5.41, 5.74) is 0. The van der Waals surface area contributed by atoms with Crippen molar-refractivity contribution in [3.63, 3.8) is 0 Å². The zero-order valence-corrected chi connectivity index (χ0v) is 11.6. The molecular formula is C8H8BrCl2NO2S. The van der Waals surface area contributed by atoms with Crippen molar-refractivity contribution >= 4 is 49.2 Å². The van der Waals surface area contributed by atoms with Crippen molar-refractivity contribution < 1.29 is 8.42 Å². The van der Waals surface area contributed by atoms with E-state index in [2.05, 4.69) is 20.7 Å². The first-order chi connectivity index (χ1) is 6.90. The van der Waals surface area contributed by atoms with E-state index < -0.39 is 10.0 Å². The van der Waals surface area contributed by atoms with Gasteiger partial charge in [0.05, 0.1) is 10.0 Å². The molecule has 1 aromatic rings. The minimum absolute atomic E-state index is 0.0146. The van der Waals surface area contributed by atoms with E-state index in [1.165, 1.54) is 6.07 Å². The fourth-order valence-corrected chi connectivity index (χ4v) is 3.24. The van der Waals surface area contributed by atoms with Crippen molar-refractivity contribution in [3.05, 3.63) is 26.7 Å². The summed E-state index contributed by atoms with van der Waals surface area (Å²) < 4.78 is 26.2. The fourth-order valence-electron chi connectivity index (χ4n) is 0.983. The van der Waals surface area contributed by atoms with Gasteiger partial charge in [-0.25, -0.2) is 13.1 Å². The Hall–Kier alpha value is 0.190. The summed E-state index contributed by atoms with van der Waals surface area (Å²) in [6, 6.07) is 2.94. The molecule has 84 valence electrons. The van der Waals surface area contributed by atoms with Crippen LogP contribution in [-0.4, -0.2) is 15.0 Å². The number of benzene rings is 1. The molecule has 15 heavy (non-hydrogen) atoms. The quantitative estimate of drug-likeness (QED) is 0.865. The highest BCUT2D eigenvalue weighted by Gasteiger charge is 2.19. The van der Waals surface area contributed by atoms with E-state index >= 15 is 0 Å². The molecule has 1 N–H and O–H groups in total. The first-order valence-corrected chi connectivity index (χ1v) is 7.06. The summed E-state index contributed by atoms with van der Waals surface area (Å²) in [6.45, 7) is 1.98. The molecule has 1 aromatic carbocycles. The second-order valence-corrected chi connectivity index (χ2v) is 6.02. The summed E-state index contributed by atoms with van der Waals surface area (Å²) in [6.07, 6.45) is 0. The Morgan fingerprint density at radius 3 is 2.47 bits per heavy atom. The van der Waals surface area contributed by atoms with E-state index in [1.54, 1.807) is 13.0 Å². The average molecular weight is 333 g/mol. The molecule has 0 aliphatic rings. The van der Waals surface area contributed by atoms with Gasteiger partial charge in [0.1, 0.15) is 4.90 Å². The molecule has 0 fully saturated rings. The lowest BCUT2D eigenvalue weighted by molar-refractivity contribution is 0.584. The van der Waals surface area contributed by atoms with Gasteiger partial charge in [0, 0.05) is 11.0 Å². The van der Waals surface area contributed by atoms with Crippen LogP contribution in [-0.2, 0) is 10.0 Å². The van der Waals surface area contributed by atoms with Crippen molar-refractivity contribution in [1.82, 2.24) is 4.72 Å². The lowest BCUT2D eigenvalue weighted by Crippen LogP contribution is -2.23. The molecule has 7 heteroatoms. The molecule has 0 saturated carbocycles. The SMILES string of the molecule is CCNS(=O)(=O)c1ccc(Br)c(Cl)c1Cl. The zero-order chi connectivity index (χ0) is 11.6. The van der Waals surface area contributed by atoms with Gasteiger partial charge in [-0.3, -0.25) is 0 Å². The molecule has 0 aliphatic carbocycles. The predicted molar refractivity (Wildman–Crippen MR) is 65.0 cm³/mol. The second-order valence-electron chi connectivity index (χ2n) is 2.67. The fraction of sp³-hybridized carbons (Fsp3) is 0.250. The molecule has 1 rings (SSSR count). The van der Waals surface area contributed by atoms with Crippen LogP contribution in [0.25, 0.3) is 0 Å². The van der Waals surface area contributed by atoms with Crippen molar-refractivity contribution in [2.24, 2.45) is 0 Å².